The van der Waals surface area contributed by atoms with Crippen LogP contribution in [0.3, 0.4) is 0 Å². The van der Waals surface area contributed by atoms with E-state index in [-0.39, 0.29) is 11.9 Å². The lowest BCUT2D eigenvalue weighted by molar-refractivity contribution is 0.0732. The first-order valence-corrected chi connectivity index (χ1v) is 11.7. The molecule has 1 aliphatic heterocycles. The van der Waals surface area contributed by atoms with Crippen LogP contribution in [-0.2, 0) is 17.8 Å². The minimum Gasteiger partial charge on any atom is -0.381 e. The Hall–Kier alpha value is -2.97. The molecule has 1 aromatic carbocycles. The van der Waals surface area contributed by atoms with Crippen molar-refractivity contribution in [3.8, 4) is 0 Å². The topological polar surface area (TPSA) is 75.5 Å². The molecule has 2 aromatic heterocycles. The standard InChI is InChI=1S/C25H34N6O2/c1-4-31-24-21(17-27-31)23(28-20-10-14-33-15-11-20)22(16-26-24)25(32)30(13-12-29(2)3)18-19-8-6-5-7-9-19/h5-9,16-17,20H,4,10-15,18H2,1-3H3,(H,26,28). The van der Waals surface area contributed by atoms with Crippen molar-refractivity contribution >= 4 is 22.6 Å². The summed E-state index contributed by atoms with van der Waals surface area (Å²) < 4.78 is 7.40. The van der Waals surface area contributed by atoms with Crippen molar-refractivity contribution in [3.63, 3.8) is 0 Å². The number of hydrogen-bond acceptors (Lipinski definition) is 6. The smallest absolute Gasteiger partial charge is 0.257 e. The molecule has 1 amide bonds. The fraction of sp³-hybridized carbons (Fsp3) is 0.480. The molecule has 1 fully saturated rings. The molecule has 0 bridgehead atoms. The van der Waals surface area contributed by atoms with Crippen LogP contribution in [-0.4, -0.2) is 76.9 Å². The van der Waals surface area contributed by atoms with E-state index in [1.165, 1.54) is 0 Å². The minimum absolute atomic E-state index is 0.0195. The lowest BCUT2D eigenvalue weighted by Gasteiger charge is -2.28. The summed E-state index contributed by atoms with van der Waals surface area (Å²) in [6, 6.07) is 10.4. The van der Waals surface area contributed by atoms with Gasteiger partial charge in [0.05, 0.1) is 22.8 Å². The predicted molar refractivity (Wildman–Crippen MR) is 130 cm³/mol. The van der Waals surface area contributed by atoms with Crippen molar-refractivity contribution in [2.45, 2.75) is 38.9 Å². The third-order valence-corrected chi connectivity index (χ3v) is 6.09. The number of nitrogens with zero attached hydrogens (tertiary/aromatic N) is 5. The highest BCUT2D eigenvalue weighted by atomic mass is 16.5. The summed E-state index contributed by atoms with van der Waals surface area (Å²) in [4.78, 5) is 22.6. The summed E-state index contributed by atoms with van der Waals surface area (Å²) in [5.74, 6) is -0.0195. The van der Waals surface area contributed by atoms with E-state index < -0.39 is 0 Å². The molecule has 0 spiro atoms. The quantitative estimate of drug-likeness (QED) is 0.539. The zero-order valence-corrected chi connectivity index (χ0v) is 19.8. The number of fused-ring (bicyclic) bond motifs is 1. The lowest BCUT2D eigenvalue weighted by atomic mass is 10.1. The Morgan fingerprint density at radius 3 is 2.61 bits per heavy atom. The van der Waals surface area contributed by atoms with Crippen molar-refractivity contribution in [1.82, 2.24) is 24.6 Å². The van der Waals surface area contributed by atoms with E-state index in [2.05, 4.69) is 32.4 Å². The Kier molecular flexibility index (Phi) is 7.57. The summed E-state index contributed by atoms with van der Waals surface area (Å²) >= 11 is 0. The van der Waals surface area contributed by atoms with Gasteiger partial charge >= 0.3 is 0 Å². The number of likely N-dealkylation sites (N-methyl/N-ethyl adjacent to an activating group) is 1. The van der Waals surface area contributed by atoms with Gasteiger partial charge in [0.25, 0.3) is 5.91 Å². The number of hydrogen-bond donors (Lipinski definition) is 1. The number of anilines is 1. The summed E-state index contributed by atoms with van der Waals surface area (Å²) in [5, 5.41) is 9.05. The van der Waals surface area contributed by atoms with Gasteiger partial charge in [-0.3, -0.25) is 4.79 Å². The Bertz CT molecular complexity index is 1060. The first-order chi connectivity index (χ1) is 16.1. The second-order valence-corrected chi connectivity index (χ2v) is 8.79. The number of rotatable bonds is 9. The van der Waals surface area contributed by atoms with Crippen molar-refractivity contribution < 1.29 is 9.53 Å². The second kappa shape index (κ2) is 10.8. The molecule has 0 radical (unpaired) electrons. The van der Waals surface area contributed by atoms with E-state index in [0.29, 0.717) is 18.7 Å². The minimum atomic E-state index is -0.0195. The number of pyridine rings is 1. The number of carbonyl (C=O) groups is 1. The molecule has 1 saturated heterocycles. The van der Waals surface area contributed by atoms with Crippen molar-refractivity contribution in [1.29, 1.82) is 0 Å². The number of aromatic nitrogens is 3. The summed E-state index contributed by atoms with van der Waals surface area (Å²) in [6.07, 6.45) is 5.36. The van der Waals surface area contributed by atoms with Crippen LogP contribution in [0.2, 0.25) is 0 Å². The highest BCUT2D eigenvalue weighted by Crippen LogP contribution is 2.29. The van der Waals surface area contributed by atoms with E-state index >= 15 is 0 Å². The van der Waals surface area contributed by atoms with E-state index in [1.54, 1.807) is 6.20 Å². The van der Waals surface area contributed by atoms with Crippen LogP contribution < -0.4 is 5.32 Å². The van der Waals surface area contributed by atoms with Crippen molar-refractivity contribution in [2.24, 2.45) is 0 Å². The van der Waals surface area contributed by atoms with Gasteiger partial charge in [0.2, 0.25) is 0 Å². The van der Waals surface area contributed by atoms with Gasteiger partial charge in [-0.25, -0.2) is 9.67 Å². The number of aryl methyl sites for hydroxylation is 1. The molecule has 3 heterocycles. The van der Waals surface area contributed by atoms with Gasteiger partial charge in [-0.15, -0.1) is 0 Å². The van der Waals surface area contributed by atoms with Crippen molar-refractivity contribution in [3.05, 3.63) is 53.9 Å². The average Bonchev–Trinajstić information content (AvgIpc) is 3.26. The maximum atomic E-state index is 13.9. The van der Waals surface area contributed by atoms with Gasteiger partial charge in [0.15, 0.2) is 5.65 Å². The Morgan fingerprint density at radius 1 is 1.15 bits per heavy atom. The molecule has 0 saturated carbocycles. The van der Waals surface area contributed by atoms with E-state index in [4.69, 9.17) is 4.74 Å². The largest absolute Gasteiger partial charge is 0.381 e. The summed E-state index contributed by atoms with van der Waals surface area (Å²) in [5.41, 5.74) is 3.33. The predicted octanol–water partition coefficient (Wildman–Crippen LogP) is 3.25. The summed E-state index contributed by atoms with van der Waals surface area (Å²) in [6.45, 7) is 6.19. The summed E-state index contributed by atoms with van der Waals surface area (Å²) in [7, 11) is 4.05. The Balaban J connectivity index is 1.71. The number of benzene rings is 1. The molecule has 4 rings (SSSR count). The van der Waals surface area contributed by atoms with Crippen LogP contribution in [0.15, 0.2) is 42.7 Å². The Morgan fingerprint density at radius 2 is 1.91 bits per heavy atom. The number of ether oxygens (including phenoxy) is 1. The molecule has 0 unspecified atom stereocenters. The molecule has 1 aliphatic rings. The maximum absolute atomic E-state index is 13.9. The van der Waals surface area contributed by atoms with Gasteiger partial charge in [-0.2, -0.15) is 5.10 Å². The highest BCUT2D eigenvalue weighted by Gasteiger charge is 2.25. The molecule has 0 aliphatic carbocycles. The van der Waals surface area contributed by atoms with Gasteiger partial charge in [0, 0.05) is 51.6 Å². The third-order valence-electron chi connectivity index (χ3n) is 6.09. The zero-order chi connectivity index (χ0) is 23.2. The molecule has 33 heavy (non-hydrogen) atoms. The van der Waals surface area contributed by atoms with Crippen LogP contribution >= 0.6 is 0 Å². The van der Waals surface area contributed by atoms with E-state index in [9.17, 15) is 4.79 Å². The number of carbonyl (C=O) groups excluding carboxylic acids is 1. The van der Waals surface area contributed by atoms with Gasteiger partial charge in [-0.1, -0.05) is 30.3 Å². The molecule has 176 valence electrons. The fourth-order valence-electron chi connectivity index (χ4n) is 4.17. The SMILES string of the molecule is CCn1ncc2c(NC3CCOCC3)c(C(=O)N(CCN(C)C)Cc3ccccc3)cnc21. The highest BCUT2D eigenvalue weighted by molar-refractivity contribution is 6.06. The number of nitrogens with one attached hydrogen (secondary N) is 1. The van der Waals surface area contributed by atoms with E-state index in [0.717, 1.165) is 61.4 Å². The molecular formula is C25H34N6O2. The van der Waals surface area contributed by atoms with Crippen LogP contribution in [0, 0.1) is 0 Å². The van der Waals surface area contributed by atoms with E-state index in [1.807, 2.05) is 55.0 Å². The van der Waals surface area contributed by atoms with Crippen LogP contribution in [0.5, 0.6) is 0 Å². The molecule has 0 atom stereocenters. The van der Waals surface area contributed by atoms with Gasteiger partial charge in [-0.05, 0) is 39.4 Å². The van der Waals surface area contributed by atoms with Crippen LogP contribution in [0.1, 0.15) is 35.7 Å². The molecular weight excluding hydrogens is 416 g/mol. The average molecular weight is 451 g/mol. The molecule has 8 heteroatoms. The van der Waals surface area contributed by atoms with Crippen molar-refractivity contribution in [2.75, 3.05) is 45.7 Å². The molecule has 3 aromatic rings. The lowest BCUT2D eigenvalue weighted by Crippen LogP contribution is -2.37. The van der Waals surface area contributed by atoms with Crippen LogP contribution in [0.4, 0.5) is 5.69 Å². The monoisotopic (exact) mass is 450 g/mol. The first-order valence-electron chi connectivity index (χ1n) is 11.7. The normalized spacial score (nSPS) is 14.7. The fourth-order valence-corrected chi connectivity index (χ4v) is 4.17. The van der Waals surface area contributed by atoms with Crippen LogP contribution in [0.25, 0.3) is 11.0 Å². The maximum Gasteiger partial charge on any atom is 0.257 e. The van der Waals surface area contributed by atoms with Gasteiger partial charge < -0.3 is 19.9 Å². The molecule has 1 N–H and O–H groups in total. The number of amides is 1. The van der Waals surface area contributed by atoms with Gasteiger partial charge in [0.1, 0.15) is 0 Å². The third kappa shape index (κ3) is 5.51. The zero-order valence-electron chi connectivity index (χ0n) is 19.8. The Labute approximate surface area is 195 Å². The first kappa shape index (κ1) is 23.2. The second-order valence-electron chi connectivity index (χ2n) is 8.79. The molecule has 8 nitrogen and oxygen atoms in total.